The second-order valence-electron chi connectivity index (χ2n) is 10.9. The molecular formula is C26H46N4O4. The third-order valence-corrected chi connectivity index (χ3v) is 8.35. The highest BCUT2D eigenvalue weighted by Gasteiger charge is 2.34. The van der Waals surface area contributed by atoms with Gasteiger partial charge in [0.1, 0.15) is 12.1 Å². The SMILES string of the molecule is NCCCCC(NC(=O)N[C@H](CC1CCCCC1)C(=O)NC1CCC2CCCCC2C1)C(=O)O. The second kappa shape index (κ2) is 13.9. The van der Waals surface area contributed by atoms with Crippen LogP contribution in [0.25, 0.3) is 0 Å². The first-order valence-electron chi connectivity index (χ1n) is 13.8. The Morgan fingerprint density at radius 3 is 2.21 bits per heavy atom. The van der Waals surface area contributed by atoms with Gasteiger partial charge in [-0.25, -0.2) is 9.59 Å². The Morgan fingerprint density at radius 1 is 0.824 bits per heavy atom. The third-order valence-electron chi connectivity index (χ3n) is 8.35. The van der Waals surface area contributed by atoms with E-state index >= 15 is 0 Å². The number of amides is 3. The Hall–Kier alpha value is -1.83. The number of nitrogens with two attached hydrogens (primary N) is 1. The number of hydrogen-bond donors (Lipinski definition) is 5. The Bertz CT molecular complexity index is 667. The fourth-order valence-electron chi connectivity index (χ4n) is 6.40. The van der Waals surface area contributed by atoms with Crippen molar-refractivity contribution >= 4 is 17.9 Å². The Morgan fingerprint density at radius 2 is 1.50 bits per heavy atom. The van der Waals surface area contributed by atoms with Gasteiger partial charge in [-0.2, -0.15) is 0 Å². The molecule has 0 aromatic carbocycles. The average Bonchev–Trinajstić information content (AvgIpc) is 2.83. The molecule has 4 unspecified atom stereocenters. The summed E-state index contributed by atoms with van der Waals surface area (Å²) in [5.74, 6) is 0.764. The minimum absolute atomic E-state index is 0.116. The van der Waals surface area contributed by atoms with Crippen LogP contribution < -0.4 is 21.7 Å². The Kier molecular flexibility index (Phi) is 10.9. The molecule has 0 heterocycles. The zero-order valence-electron chi connectivity index (χ0n) is 20.7. The van der Waals surface area contributed by atoms with Crippen molar-refractivity contribution in [3.8, 4) is 0 Å². The molecule has 0 aromatic heterocycles. The number of nitrogens with one attached hydrogen (secondary N) is 3. The molecule has 3 saturated carbocycles. The summed E-state index contributed by atoms with van der Waals surface area (Å²) in [6, 6.07) is -2.02. The summed E-state index contributed by atoms with van der Waals surface area (Å²) < 4.78 is 0. The Labute approximate surface area is 204 Å². The van der Waals surface area contributed by atoms with Gasteiger partial charge in [-0.15, -0.1) is 0 Å². The lowest BCUT2D eigenvalue weighted by Crippen LogP contribution is -2.55. The number of aliphatic carboxylic acids is 1. The highest BCUT2D eigenvalue weighted by Crippen LogP contribution is 2.40. The summed E-state index contributed by atoms with van der Waals surface area (Å²) >= 11 is 0. The number of carboxylic acids is 1. The number of fused-ring (bicyclic) bond motifs is 1. The zero-order valence-corrected chi connectivity index (χ0v) is 20.7. The van der Waals surface area contributed by atoms with E-state index in [0.29, 0.717) is 44.1 Å². The number of carboxylic acid groups (broad SMARTS) is 1. The maximum absolute atomic E-state index is 13.3. The zero-order chi connectivity index (χ0) is 24.3. The van der Waals surface area contributed by atoms with Crippen LogP contribution in [0.1, 0.15) is 103 Å². The molecule has 5 atom stereocenters. The van der Waals surface area contributed by atoms with E-state index in [0.717, 1.165) is 31.6 Å². The molecule has 8 nitrogen and oxygen atoms in total. The van der Waals surface area contributed by atoms with Crippen molar-refractivity contribution in [1.82, 2.24) is 16.0 Å². The van der Waals surface area contributed by atoms with Crippen LogP contribution >= 0.6 is 0 Å². The molecule has 3 aliphatic carbocycles. The topological polar surface area (TPSA) is 134 Å². The number of rotatable bonds is 11. The fraction of sp³-hybridized carbons (Fsp3) is 0.885. The molecule has 3 rings (SSSR count). The highest BCUT2D eigenvalue weighted by molar-refractivity contribution is 5.88. The summed E-state index contributed by atoms with van der Waals surface area (Å²) in [5, 5.41) is 18.1. The first kappa shape index (κ1) is 26.8. The second-order valence-corrected chi connectivity index (χ2v) is 10.9. The number of carbonyl (C=O) groups is 3. The lowest BCUT2D eigenvalue weighted by atomic mass is 9.69. The van der Waals surface area contributed by atoms with Gasteiger partial charge in [0.25, 0.3) is 0 Å². The van der Waals surface area contributed by atoms with Crippen molar-refractivity contribution in [2.45, 2.75) is 121 Å². The quantitative estimate of drug-likeness (QED) is 0.289. The monoisotopic (exact) mass is 478 g/mol. The van der Waals surface area contributed by atoms with E-state index in [9.17, 15) is 19.5 Å². The molecule has 3 fully saturated rings. The predicted molar refractivity (Wildman–Crippen MR) is 132 cm³/mol. The van der Waals surface area contributed by atoms with E-state index in [1.165, 1.54) is 51.4 Å². The van der Waals surface area contributed by atoms with Gasteiger partial charge in [-0.05, 0) is 69.2 Å². The van der Waals surface area contributed by atoms with Gasteiger partial charge in [-0.3, -0.25) is 4.79 Å². The maximum atomic E-state index is 13.3. The van der Waals surface area contributed by atoms with Crippen LogP contribution in [0, 0.1) is 17.8 Å². The van der Waals surface area contributed by atoms with Crippen LogP contribution in [0.2, 0.25) is 0 Å². The lowest BCUT2D eigenvalue weighted by molar-refractivity contribution is -0.139. The van der Waals surface area contributed by atoms with Crippen molar-refractivity contribution < 1.29 is 19.5 Å². The van der Waals surface area contributed by atoms with Gasteiger partial charge < -0.3 is 26.8 Å². The van der Waals surface area contributed by atoms with Crippen molar-refractivity contribution in [1.29, 1.82) is 0 Å². The molecule has 3 aliphatic rings. The van der Waals surface area contributed by atoms with Gasteiger partial charge in [0.05, 0.1) is 0 Å². The number of hydrogen-bond acceptors (Lipinski definition) is 4. The molecule has 0 radical (unpaired) electrons. The molecule has 8 heteroatoms. The van der Waals surface area contributed by atoms with Gasteiger partial charge in [0.2, 0.25) is 5.91 Å². The molecular weight excluding hydrogens is 432 g/mol. The maximum Gasteiger partial charge on any atom is 0.326 e. The van der Waals surface area contributed by atoms with Crippen molar-refractivity contribution in [3.05, 3.63) is 0 Å². The summed E-state index contributed by atoms with van der Waals surface area (Å²) in [6.07, 6.45) is 16.5. The van der Waals surface area contributed by atoms with Crippen LogP contribution in [0.15, 0.2) is 0 Å². The molecule has 34 heavy (non-hydrogen) atoms. The van der Waals surface area contributed by atoms with E-state index in [2.05, 4.69) is 16.0 Å². The molecule has 6 N–H and O–H groups in total. The van der Waals surface area contributed by atoms with E-state index < -0.39 is 24.1 Å². The van der Waals surface area contributed by atoms with E-state index in [4.69, 9.17) is 5.73 Å². The molecule has 0 bridgehead atoms. The lowest BCUT2D eigenvalue weighted by Gasteiger charge is -2.40. The van der Waals surface area contributed by atoms with Crippen LogP contribution in [0.5, 0.6) is 0 Å². The highest BCUT2D eigenvalue weighted by atomic mass is 16.4. The summed E-state index contributed by atoms with van der Waals surface area (Å²) in [7, 11) is 0. The van der Waals surface area contributed by atoms with Gasteiger partial charge in [0.15, 0.2) is 0 Å². The van der Waals surface area contributed by atoms with Gasteiger partial charge in [0, 0.05) is 6.04 Å². The van der Waals surface area contributed by atoms with Crippen molar-refractivity contribution in [3.63, 3.8) is 0 Å². The summed E-state index contributed by atoms with van der Waals surface area (Å²) in [5.41, 5.74) is 5.50. The number of unbranched alkanes of at least 4 members (excludes halogenated alkanes) is 1. The minimum Gasteiger partial charge on any atom is -0.480 e. The first-order chi connectivity index (χ1) is 16.5. The predicted octanol–water partition coefficient (Wildman–Crippen LogP) is 3.68. The first-order valence-corrected chi connectivity index (χ1v) is 13.8. The molecule has 0 saturated heterocycles. The molecule has 0 spiro atoms. The summed E-state index contributed by atoms with van der Waals surface area (Å²) in [4.78, 5) is 37.7. The normalized spacial score (nSPS) is 27.1. The van der Waals surface area contributed by atoms with E-state index in [1.54, 1.807) is 0 Å². The van der Waals surface area contributed by atoms with Crippen LogP contribution in [0.3, 0.4) is 0 Å². The van der Waals surface area contributed by atoms with E-state index in [-0.39, 0.29) is 11.9 Å². The van der Waals surface area contributed by atoms with Gasteiger partial charge >= 0.3 is 12.0 Å². The van der Waals surface area contributed by atoms with Crippen LogP contribution in [0.4, 0.5) is 4.79 Å². The van der Waals surface area contributed by atoms with Crippen molar-refractivity contribution in [2.75, 3.05) is 6.54 Å². The van der Waals surface area contributed by atoms with E-state index in [1.807, 2.05) is 0 Å². The Balaban J connectivity index is 1.57. The summed E-state index contributed by atoms with van der Waals surface area (Å²) in [6.45, 7) is 0.491. The van der Waals surface area contributed by atoms with Crippen molar-refractivity contribution in [2.24, 2.45) is 23.5 Å². The fourth-order valence-corrected chi connectivity index (χ4v) is 6.40. The van der Waals surface area contributed by atoms with Crippen LogP contribution in [-0.2, 0) is 9.59 Å². The smallest absolute Gasteiger partial charge is 0.326 e. The number of carbonyl (C=O) groups excluding carboxylic acids is 2. The minimum atomic E-state index is -1.07. The molecule has 0 aromatic rings. The van der Waals surface area contributed by atoms with Gasteiger partial charge in [-0.1, -0.05) is 57.8 Å². The average molecular weight is 479 g/mol. The third kappa shape index (κ3) is 8.43. The standard InChI is InChI=1S/C26H46N4O4/c27-15-7-6-12-22(25(32)33)29-26(34)30-23(16-18-8-2-1-3-9-18)24(31)28-21-14-13-19-10-4-5-11-20(19)17-21/h18-23H,1-17,27H2,(H,28,31)(H,32,33)(H2,29,30,34)/t19?,20?,21?,22?,23-/m1/s1. The molecule has 3 amide bonds. The molecule has 0 aliphatic heterocycles. The number of urea groups is 1. The van der Waals surface area contributed by atoms with Crippen LogP contribution in [-0.4, -0.2) is 47.7 Å². The molecule has 194 valence electrons. The largest absolute Gasteiger partial charge is 0.480 e.